The number of carbonyl (C=O) groups excluding carboxylic acids is 2. The van der Waals surface area contributed by atoms with E-state index in [1.54, 1.807) is 12.1 Å². The Morgan fingerprint density at radius 1 is 1.07 bits per heavy atom. The summed E-state index contributed by atoms with van der Waals surface area (Å²) in [4.78, 5) is 24.5. The van der Waals surface area contributed by atoms with Gasteiger partial charge < -0.3 is 14.2 Å². The Morgan fingerprint density at radius 3 is 2.21 bits per heavy atom. The van der Waals surface area contributed by atoms with E-state index in [9.17, 15) is 9.59 Å². The third kappa shape index (κ3) is 4.56. The highest BCUT2D eigenvalue weighted by molar-refractivity contribution is 5.93. The monoisotopic (exact) mass is 393 g/mol. The van der Waals surface area contributed by atoms with Gasteiger partial charge in [-0.25, -0.2) is 4.79 Å². The Hall–Kier alpha value is -3.77. The molecule has 0 amide bonds. The predicted molar refractivity (Wildman–Crippen MR) is 106 cm³/mol. The van der Waals surface area contributed by atoms with E-state index >= 15 is 0 Å². The van der Waals surface area contributed by atoms with Crippen molar-refractivity contribution < 1.29 is 23.8 Å². The van der Waals surface area contributed by atoms with E-state index in [4.69, 9.17) is 15.0 Å². The number of hydrogen-bond donors (Lipinski definition) is 0. The Labute approximate surface area is 167 Å². The van der Waals surface area contributed by atoms with Crippen LogP contribution in [0.5, 0.6) is 11.5 Å². The van der Waals surface area contributed by atoms with Crippen LogP contribution in [-0.4, -0.2) is 32.6 Å². The van der Waals surface area contributed by atoms with E-state index in [1.165, 1.54) is 13.2 Å². The van der Waals surface area contributed by atoms with Crippen molar-refractivity contribution in [1.29, 1.82) is 0 Å². The fourth-order valence-electron chi connectivity index (χ4n) is 3.12. The van der Waals surface area contributed by atoms with E-state index < -0.39 is 5.97 Å². The molecule has 2 aliphatic rings. The maximum atomic E-state index is 11.4. The largest absolute Gasteiger partial charge is 0.492 e. The molecule has 0 radical (unpaired) electrons. The van der Waals surface area contributed by atoms with E-state index in [1.807, 2.05) is 24.3 Å². The summed E-state index contributed by atoms with van der Waals surface area (Å²) in [5, 5.41) is 3.33. The number of ether oxygens (including phenoxy) is 3. The molecule has 29 heavy (non-hydrogen) atoms. The minimum absolute atomic E-state index is 0.0936. The molecule has 0 bridgehead atoms. The highest BCUT2D eigenvalue weighted by atomic mass is 16.5. The zero-order valence-electron chi connectivity index (χ0n) is 15.8. The topological polar surface area (TPSA) is 111 Å². The van der Waals surface area contributed by atoms with Crippen molar-refractivity contribution in [2.45, 2.75) is 12.8 Å². The number of esters is 1. The van der Waals surface area contributed by atoms with E-state index in [-0.39, 0.29) is 5.70 Å². The average Bonchev–Trinajstić information content (AvgIpc) is 3.42. The summed E-state index contributed by atoms with van der Waals surface area (Å²) in [5.74, 6) is 0.831. The molecule has 0 unspecified atom stereocenters. The summed E-state index contributed by atoms with van der Waals surface area (Å²) < 4.78 is 15.3. The number of para-hydroxylation sites is 2. The van der Waals surface area contributed by atoms with Crippen molar-refractivity contribution in [2.75, 3.05) is 20.3 Å². The van der Waals surface area contributed by atoms with Gasteiger partial charge in [0.2, 0.25) is 0 Å². The zero-order valence-corrected chi connectivity index (χ0v) is 15.8. The van der Waals surface area contributed by atoms with Crippen molar-refractivity contribution in [3.8, 4) is 11.5 Å². The molecule has 0 atom stereocenters. The van der Waals surface area contributed by atoms with Crippen molar-refractivity contribution in [2.24, 2.45) is 5.11 Å². The Kier molecular flexibility index (Phi) is 6.50. The molecule has 8 nitrogen and oxygen atoms in total. The van der Waals surface area contributed by atoms with Gasteiger partial charge in [-0.3, -0.25) is 4.79 Å². The first kappa shape index (κ1) is 20.0. The molecule has 4 rings (SSSR count). The summed E-state index contributed by atoms with van der Waals surface area (Å²) in [5.41, 5.74) is 11.9. The van der Waals surface area contributed by atoms with Crippen LogP contribution >= 0.6 is 0 Å². The van der Waals surface area contributed by atoms with Crippen molar-refractivity contribution in [1.82, 2.24) is 0 Å². The van der Waals surface area contributed by atoms with Crippen molar-refractivity contribution >= 4 is 18.3 Å². The molecule has 2 heterocycles. The molecule has 2 aliphatic heterocycles. The first-order valence-corrected chi connectivity index (χ1v) is 8.97. The standard InChI is InChI=1S/C12H11N3O3.C9H8O2/c1-17-12(16)10(14-15-13)7-9-4-2-3-8-5-6-18-11(8)9;10-6-8-3-1-2-7-4-5-11-9(7)8/h2-4,7H,5-6H2,1H3;1-3,6H,4-5H2/b10-7-;. The SMILES string of the molecule is COC(=O)/C(=C/c1cccc2c1OCC2)N=[N+]=[N-].O=Cc1cccc2c1OCC2. The fraction of sp³-hybridized carbons (Fsp3) is 0.238. The number of hydrogen-bond acceptors (Lipinski definition) is 6. The summed E-state index contributed by atoms with van der Waals surface area (Å²) in [6.45, 7) is 1.33. The van der Waals surface area contributed by atoms with Crippen LogP contribution in [0.2, 0.25) is 0 Å². The van der Waals surface area contributed by atoms with Crippen LogP contribution in [0.1, 0.15) is 27.0 Å². The maximum Gasteiger partial charge on any atom is 0.340 e. The Balaban J connectivity index is 0.000000186. The van der Waals surface area contributed by atoms with Crippen LogP contribution in [0.4, 0.5) is 0 Å². The molecule has 8 heteroatoms. The Morgan fingerprint density at radius 2 is 1.66 bits per heavy atom. The minimum Gasteiger partial charge on any atom is -0.492 e. The van der Waals surface area contributed by atoms with Crippen LogP contribution in [0.3, 0.4) is 0 Å². The number of methoxy groups -OCH3 is 1. The summed E-state index contributed by atoms with van der Waals surface area (Å²) in [7, 11) is 1.23. The zero-order chi connectivity index (χ0) is 20.6. The van der Waals surface area contributed by atoms with Gasteiger partial charge in [0.1, 0.15) is 17.2 Å². The summed E-state index contributed by atoms with van der Waals surface area (Å²) in [6, 6.07) is 11.3. The van der Waals surface area contributed by atoms with Gasteiger partial charge in [-0.05, 0) is 28.8 Å². The summed E-state index contributed by atoms with van der Waals surface area (Å²) >= 11 is 0. The first-order chi connectivity index (χ1) is 14.2. The van der Waals surface area contributed by atoms with Crippen LogP contribution in [-0.2, 0) is 22.4 Å². The predicted octanol–water partition coefficient (Wildman–Crippen LogP) is 3.88. The molecule has 0 N–H and O–H groups in total. The van der Waals surface area contributed by atoms with Gasteiger partial charge in [-0.1, -0.05) is 35.4 Å². The van der Waals surface area contributed by atoms with Gasteiger partial charge in [-0.15, -0.1) is 0 Å². The number of nitrogens with zero attached hydrogens (tertiary/aromatic N) is 3. The fourth-order valence-corrected chi connectivity index (χ4v) is 3.12. The summed E-state index contributed by atoms with van der Waals surface area (Å²) in [6.07, 6.45) is 4.07. The van der Waals surface area contributed by atoms with Gasteiger partial charge in [0.25, 0.3) is 0 Å². The van der Waals surface area contributed by atoms with E-state index in [0.717, 1.165) is 41.8 Å². The van der Waals surface area contributed by atoms with E-state index in [0.29, 0.717) is 24.3 Å². The molecular formula is C21H19N3O5. The lowest BCUT2D eigenvalue weighted by Crippen LogP contribution is -2.02. The van der Waals surface area contributed by atoms with Crippen LogP contribution in [0.25, 0.3) is 16.5 Å². The van der Waals surface area contributed by atoms with Gasteiger partial charge in [0.15, 0.2) is 6.29 Å². The normalized spacial score (nSPS) is 13.5. The number of aldehydes is 1. The molecule has 148 valence electrons. The second kappa shape index (κ2) is 9.43. The molecule has 2 aromatic rings. The molecule has 2 aromatic carbocycles. The molecule has 0 fully saturated rings. The molecule has 0 aromatic heterocycles. The average molecular weight is 393 g/mol. The van der Waals surface area contributed by atoms with Gasteiger partial charge in [-0.2, -0.15) is 0 Å². The third-order valence-corrected chi connectivity index (χ3v) is 4.46. The molecule has 0 aliphatic carbocycles. The molecule has 0 saturated heterocycles. The van der Waals surface area contributed by atoms with E-state index in [2.05, 4.69) is 14.8 Å². The smallest absolute Gasteiger partial charge is 0.340 e. The number of fused-ring (bicyclic) bond motifs is 2. The second-order valence-electron chi connectivity index (χ2n) is 6.20. The highest BCUT2D eigenvalue weighted by Gasteiger charge is 2.16. The van der Waals surface area contributed by atoms with Crippen LogP contribution in [0.15, 0.2) is 47.2 Å². The molecule has 0 spiro atoms. The second-order valence-corrected chi connectivity index (χ2v) is 6.20. The van der Waals surface area contributed by atoms with Gasteiger partial charge in [0.05, 0.1) is 25.9 Å². The third-order valence-electron chi connectivity index (χ3n) is 4.46. The Bertz CT molecular complexity index is 1010. The number of rotatable bonds is 4. The van der Waals surface area contributed by atoms with Crippen molar-refractivity contribution in [3.63, 3.8) is 0 Å². The van der Waals surface area contributed by atoms with Gasteiger partial charge in [0, 0.05) is 23.3 Å². The molecular weight excluding hydrogens is 374 g/mol. The minimum atomic E-state index is -0.677. The van der Waals surface area contributed by atoms with Crippen LogP contribution < -0.4 is 9.47 Å². The van der Waals surface area contributed by atoms with Gasteiger partial charge >= 0.3 is 5.97 Å². The number of benzene rings is 2. The lowest BCUT2D eigenvalue weighted by Gasteiger charge is -2.04. The lowest BCUT2D eigenvalue weighted by atomic mass is 10.1. The molecule has 0 saturated carbocycles. The number of azide groups is 1. The van der Waals surface area contributed by atoms with Crippen molar-refractivity contribution in [3.05, 3.63) is 74.8 Å². The highest BCUT2D eigenvalue weighted by Crippen LogP contribution is 2.31. The maximum absolute atomic E-state index is 11.4. The number of carbonyl (C=O) groups is 2. The first-order valence-electron chi connectivity index (χ1n) is 8.97. The lowest BCUT2D eigenvalue weighted by molar-refractivity contribution is -0.136. The van der Waals surface area contributed by atoms with Crippen LogP contribution in [0, 0.1) is 0 Å². The quantitative estimate of drug-likeness (QED) is 0.195.